The number of fused-ring (bicyclic) bond motifs is 1. The summed E-state index contributed by atoms with van der Waals surface area (Å²) in [6.45, 7) is 5.60. The minimum absolute atomic E-state index is 0.132. The first-order valence-corrected chi connectivity index (χ1v) is 9.15. The Morgan fingerprint density at radius 2 is 2.08 bits per heavy atom. The Morgan fingerprint density at radius 1 is 1.36 bits per heavy atom. The molecule has 0 saturated heterocycles. The van der Waals surface area contributed by atoms with E-state index in [0.29, 0.717) is 17.5 Å². The fourth-order valence-corrected chi connectivity index (χ4v) is 3.49. The van der Waals surface area contributed by atoms with Gasteiger partial charge in [-0.25, -0.2) is 0 Å². The van der Waals surface area contributed by atoms with Gasteiger partial charge in [0, 0.05) is 41.4 Å². The van der Waals surface area contributed by atoms with Gasteiger partial charge in [-0.2, -0.15) is 5.10 Å². The molecule has 1 aromatic carbocycles. The Bertz CT molecular complexity index is 738. The molecule has 0 bridgehead atoms. The molecule has 25 heavy (non-hydrogen) atoms. The van der Waals surface area contributed by atoms with Crippen molar-refractivity contribution in [3.8, 4) is 11.3 Å². The SMILES string of the molecule is CNC(CC(C)C)C(=O)N1CCc2[nH]nc(-c3ccc(Cl)cc3)c2C1. The number of aromatic amines is 1. The highest BCUT2D eigenvalue weighted by Crippen LogP contribution is 2.29. The monoisotopic (exact) mass is 360 g/mol. The van der Waals surface area contributed by atoms with E-state index in [4.69, 9.17) is 11.6 Å². The molecule has 5 nitrogen and oxygen atoms in total. The number of hydrogen-bond donors (Lipinski definition) is 2. The van der Waals surface area contributed by atoms with Gasteiger partial charge in [0.15, 0.2) is 0 Å². The zero-order valence-electron chi connectivity index (χ0n) is 15.0. The van der Waals surface area contributed by atoms with E-state index in [9.17, 15) is 4.79 Å². The van der Waals surface area contributed by atoms with Crippen LogP contribution < -0.4 is 5.32 Å². The molecule has 6 heteroatoms. The third kappa shape index (κ3) is 3.88. The number of carbonyl (C=O) groups is 1. The number of nitrogens with zero attached hydrogens (tertiary/aromatic N) is 2. The van der Waals surface area contributed by atoms with Crippen LogP contribution in [0.25, 0.3) is 11.3 Å². The third-order valence-electron chi connectivity index (χ3n) is 4.72. The first-order chi connectivity index (χ1) is 12.0. The summed E-state index contributed by atoms with van der Waals surface area (Å²) in [5, 5.41) is 11.5. The van der Waals surface area contributed by atoms with Crippen molar-refractivity contribution in [3.63, 3.8) is 0 Å². The van der Waals surface area contributed by atoms with Crippen molar-refractivity contribution < 1.29 is 4.79 Å². The van der Waals surface area contributed by atoms with Crippen LogP contribution in [-0.2, 0) is 17.8 Å². The van der Waals surface area contributed by atoms with Crippen molar-refractivity contribution in [2.24, 2.45) is 5.92 Å². The first-order valence-electron chi connectivity index (χ1n) is 8.77. The zero-order chi connectivity index (χ0) is 18.0. The zero-order valence-corrected chi connectivity index (χ0v) is 15.7. The van der Waals surface area contributed by atoms with E-state index >= 15 is 0 Å². The van der Waals surface area contributed by atoms with Gasteiger partial charge in [-0.3, -0.25) is 9.89 Å². The Morgan fingerprint density at radius 3 is 2.72 bits per heavy atom. The third-order valence-corrected chi connectivity index (χ3v) is 4.97. The molecule has 0 saturated carbocycles. The summed E-state index contributed by atoms with van der Waals surface area (Å²) in [6, 6.07) is 7.53. The number of aromatic nitrogens is 2. The van der Waals surface area contributed by atoms with Crippen LogP contribution >= 0.6 is 11.6 Å². The summed E-state index contributed by atoms with van der Waals surface area (Å²) in [5.74, 6) is 0.644. The lowest BCUT2D eigenvalue weighted by Crippen LogP contribution is -2.47. The molecule has 0 aliphatic carbocycles. The normalized spacial score (nSPS) is 15.3. The van der Waals surface area contributed by atoms with Crippen molar-refractivity contribution >= 4 is 17.5 Å². The van der Waals surface area contributed by atoms with E-state index in [1.165, 1.54) is 0 Å². The molecule has 0 spiro atoms. The summed E-state index contributed by atoms with van der Waals surface area (Å²) < 4.78 is 0. The van der Waals surface area contributed by atoms with Gasteiger partial charge in [0.05, 0.1) is 11.7 Å². The molecular formula is C19H25ClN4O. The summed E-state index contributed by atoms with van der Waals surface area (Å²) in [5.41, 5.74) is 4.16. The van der Waals surface area contributed by atoms with E-state index in [2.05, 4.69) is 29.4 Å². The molecule has 3 rings (SSSR count). The maximum absolute atomic E-state index is 12.9. The smallest absolute Gasteiger partial charge is 0.240 e. The largest absolute Gasteiger partial charge is 0.336 e. The van der Waals surface area contributed by atoms with Crippen LogP contribution in [0.2, 0.25) is 5.02 Å². The van der Waals surface area contributed by atoms with Crippen molar-refractivity contribution in [2.75, 3.05) is 13.6 Å². The second kappa shape index (κ2) is 7.58. The van der Waals surface area contributed by atoms with E-state index in [0.717, 1.165) is 41.9 Å². The Hall–Kier alpha value is -1.85. The fraction of sp³-hybridized carbons (Fsp3) is 0.474. The van der Waals surface area contributed by atoms with Gasteiger partial charge in [-0.05, 0) is 31.5 Å². The minimum atomic E-state index is -0.132. The maximum atomic E-state index is 12.9. The lowest BCUT2D eigenvalue weighted by Gasteiger charge is -2.31. The van der Waals surface area contributed by atoms with E-state index in [1.807, 2.05) is 36.2 Å². The van der Waals surface area contributed by atoms with Gasteiger partial charge < -0.3 is 10.2 Å². The molecule has 1 unspecified atom stereocenters. The number of hydrogen-bond acceptors (Lipinski definition) is 3. The standard InChI is InChI=1S/C19H25ClN4O/c1-12(2)10-17(21-3)19(25)24-9-8-16-15(11-24)18(23-22-16)13-4-6-14(20)7-5-13/h4-7,12,17,21H,8-11H2,1-3H3,(H,22,23). The number of H-pyrrole nitrogens is 1. The molecule has 1 aromatic heterocycles. The van der Waals surface area contributed by atoms with Gasteiger partial charge in [0.2, 0.25) is 5.91 Å². The Kier molecular flexibility index (Phi) is 5.45. The second-order valence-corrected chi connectivity index (χ2v) is 7.45. The molecule has 0 fully saturated rings. The summed E-state index contributed by atoms with van der Waals surface area (Å²) in [6.07, 6.45) is 1.65. The second-order valence-electron chi connectivity index (χ2n) is 7.02. The summed E-state index contributed by atoms with van der Waals surface area (Å²) in [7, 11) is 1.86. The van der Waals surface area contributed by atoms with Gasteiger partial charge in [-0.1, -0.05) is 37.6 Å². The molecule has 1 aliphatic heterocycles. The van der Waals surface area contributed by atoms with E-state index in [1.54, 1.807) is 0 Å². The van der Waals surface area contributed by atoms with Gasteiger partial charge in [0.1, 0.15) is 0 Å². The predicted octanol–water partition coefficient (Wildman–Crippen LogP) is 3.25. The number of amides is 1. The first kappa shape index (κ1) is 18.0. The molecule has 2 heterocycles. The number of halogens is 1. The average Bonchev–Trinajstić information content (AvgIpc) is 3.02. The molecule has 1 aliphatic rings. The van der Waals surface area contributed by atoms with E-state index in [-0.39, 0.29) is 11.9 Å². The topological polar surface area (TPSA) is 61.0 Å². The molecule has 0 radical (unpaired) electrons. The highest BCUT2D eigenvalue weighted by Gasteiger charge is 2.29. The summed E-state index contributed by atoms with van der Waals surface area (Å²) >= 11 is 5.99. The van der Waals surface area contributed by atoms with Crippen LogP contribution in [0.1, 0.15) is 31.5 Å². The van der Waals surface area contributed by atoms with Crippen LogP contribution in [0.4, 0.5) is 0 Å². The van der Waals surface area contributed by atoms with Crippen LogP contribution in [0, 0.1) is 5.92 Å². The maximum Gasteiger partial charge on any atom is 0.240 e. The minimum Gasteiger partial charge on any atom is -0.336 e. The van der Waals surface area contributed by atoms with Crippen molar-refractivity contribution in [2.45, 2.75) is 39.3 Å². The van der Waals surface area contributed by atoms with Crippen LogP contribution in [0.15, 0.2) is 24.3 Å². The van der Waals surface area contributed by atoms with Crippen LogP contribution in [-0.4, -0.2) is 40.6 Å². The lowest BCUT2D eigenvalue weighted by atomic mass is 9.98. The highest BCUT2D eigenvalue weighted by molar-refractivity contribution is 6.30. The van der Waals surface area contributed by atoms with E-state index < -0.39 is 0 Å². The Balaban J connectivity index is 1.82. The average molecular weight is 361 g/mol. The van der Waals surface area contributed by atoms with Gasteiger partial charge >= 0.3 is 0 Å². The molecule has 2 N–H and O–H groups in total. The van der Waals surface area contributed by atoms with Crippen molar-refractivity contribution in [1.82, 2.24) is 20.4 Å². The molecule has 1 amide bonds. The molecule has 134 valence electrons. The lowest BCUT2D eigenvalue weighted by molar-refractivity contribution is -0.134. The summed E-state index contributed by atoms with van der Waals surface area (Å²) in [4.78, 5) is 14.8. The predicted molar refractivity (Wildman–Crippen MR) is 100 cm³/mol. The van der Waals surface area contributed by atoms with Crippen molar-refractivity contribution in [3.05, 3.63) is 40.5 Å². The van der Waals surface area contributed by atoms with Crippen LogP contribution in [0.3, 0.4) is 0 Å². The fourth-order valence-electron chi connectivity index (χ4n) is 3.36. The number of likely N-dealkylation sites (N-methyl/N-ethyl adjacent to an activating group) is 1. The number of rotatable bonds is 5. The molecule has 2 aromatic rings. The Labute approximate surface area is 153 Å². The van der Waals surface area contributed by atoms with Gasteiger partial charge in [0.25, 0.3) is 0 Å². The number of nitrogens with one attached hydrogen (secondary N) is 2. The van der Waals surface area contributed by atoms with Crippen LogP contribution in [0.5, 0.6) is 0 Å². The van der Waals surface area contributed by atoms with Gasteiger partial charge in [-0.15, -0.1) is 0 Å². The molecule has 1 atom stereocenters. The molecular weight excluding hydrogens is 336 g/mol. The quantitative estimate of drug-likeness (QED) is 0.860. The number of benzene rings is 1. The highest BCUT2D eigenvalue weighted by atomic mass is 35.5. The number of carbonyl (C=O) groups excluding carboxylic acids is 1. The van der Waals surface area contributed by atoms with Crippen molar-refractivity contribution in [1.29, 1.82) is 0 Å².